The summed E-state index contributed by atoms with van der Waals surface area (Å²) >= 11 is 0. The molecule has 3 aromatic rings. The average molecular weight is 521 g/mol. The van der Waals surface area contributed by atoms with E-state index in [1.54, 1.807) is 36.4 Å². The Morgan fingerprint density at radius 2 is 1.71 bits per heavy atom. The zero-order chi connectivity index (χ0) is 27.7. The van der Waals surface area contributed by atoms with Crippen LogP contribution >= 0.6 is 0 Å². The lowest BCUT2D eigenvalue weighted by Crippen LogP contribution is -2.62. The van der Waals surface area contributed by atoms with Crippen molar-refractivity contribution in [2.24, 2.45) is 0 Å². The van der Waals surface area contributed by atoms with Crippen LogP contribution < -0.4 is 16.0 Å². The Bertz CT molecular complexity index is 1330. The number of benzene rings is 2. The van der Waals surface area contributed by atoms with Gasteiger partial charge >= 0.3 is 5.69 Å². The number of nitro groups is 1. The maximum Gasteiger partial charge on any atom is 0.329 e. The minimum absolute atomic E-state index is 0.00234. The summed E-state index contributed by atoms with van der Waals surface area (Å²) in [6, 6.07) is 12.6. The van der Waals surface area contributed by atoms with Crippen molar-refractivity contribution in [3.8, 4) is 5.75 Å². The van der Waals surface area contributed by atoms with Crippen LogP contribution in [0.2, 0.25) is 0 Å². The van der Waals surface area contributed by atoms with Crippen molar-refractivity contribution in [3.63, 3.8) is 0 Å². The summed E-state index contributed by atoms with van der Waals surface area (Å²) < 4.78 is 0. The Labute approximate surface area is 219 Å². The lowest BCUT2D eigenvalue weighted by molar-refractivity contribution is -0.384. The normalized spacial score (nSPS) is 17.0. The second-order valence-corrected chi connectivity index (χ2v) is 10.6. The van der Waals surface area contributed by atoms with Gasteiger partial charge in [0.05, 0.1) is 4.92 Å². The number of hydrogen-bond acceptors (Lipinski definition) is 9. The van der Waals surface area contributed by atoms with E-state index in [0.29, 0.717) is 29.8 Å². The molecule has 1 amide bonds. The predicted octanol–water partition coefficient (Wildman–Crippen LogP) is 4.67. The van der Waals surface area contributed by atoms with E-state index in [-0.39, 0.29) is 35.2 Å². The fourth-order valence-corrected chi connectivity index (χ4v) is 4.85. The highest BCUT2D eigenvalue weighted by molar-refractivity contribution is 5.94. The van der Waals surface area contributed by atoms with Crippen LogP contribution in [0.25, 0.3) is 0 Å². The van der Waals surface area contributed by atoms with Crippen LogP contribution in [0.1, 0.15) is 50.9 Å². The van der Waals surface area contributed by atoms with Crippen LogP contribution in [-0.4, -0.2) is 48.1 Å². The molecule has 2 heterocycles. The summed E-state index contributed by atoms with van der Waals surface area (Å²) in [6.45, 7) is 7.52. The first-order valence-corrected chi connectivity index (χ1v) is 12.1. The summed E-state index contributed by atoms with van der Waals surface area (Å²) in [4.78, 5) is 32.0. The Hall–Kier alpha value is -4.29. The third-order valence-electron chi connectivity index (χ3n) is 6.40. The fourth-order valence-electron chi connectivity index (χ4n) is 4.85. The van der Waals surface area contributed by atoms with Gasteiger partial charge in [-0.25, -0.2) is 4.98 Å². The smallest absolute Gasteiger partial charge is 0.329 e. The van der Waals surface area contributed by atoms with E-state index in [1.807, 2.05) is 27.7 Å². The van der Waals surface area contributed by atoms with Gasteiger partial charge in [0, 0.05) is 40.1 Å². The highest BCUT2D eigenvalue weighted by Gasteiger charge is 2.46. The van der Waals surface area contributed by atoms with Crippen LogP contribution in [0.5, 0.6) is 5.75 Å². The Morgan fingerprint density at radius 1 is 1.05 bits per heavy atom. The van der Waals surface area contributed by atoms with Crippen LogP contribution in [-0.2, 0) is 5.21 Å². The molecule has 12 nitrogen and oxygen atoms in total. The molecule has 0 saturated carbocycles. The number of aromatic hydroxyl groups is 1. The molecule has 1 aromatic heterocycles. The molecular weight excluding hydrogens is 490 g/mol. The number of aromatic nitrogens is 2. The second-order valence-electron chi connectivity index (χ2n) is 10.6. The minimum Gasteiger partial charge on any atom is -0.508 e. The highest BCUT2D eigenvalue weighted by Crippen LogP contribution is 2.37. The van der Waals surface area contributed by atoms with E-state index in [1.165, 1.54) is 12.1 Å². The van der Waals surface area contributed by atoms with E-state index < -0.39 is 16.0 Å². The summed E-state index contributed by atoms with van der Waals surface area (Å²) in [5.74, 6) is -0.192. The van der Waals surface area contributed by atoms with Gasteiger partial charge in [-0.1, -0.05) is 6.07 Å². The van der Waals surface area contributed by atoms with E-state index in [4.69, 9.17) is 0 Å². The van der Waals surface area contributed by atoms with Gasteiger partial charge in [0.2, 0.25) is 11.8 Å². The Kier molecular flexibility index (Phi) is 7.20. The molecule has 1 aliphatic rings. The van der Waals surface area contributed by atoms with Crippen molar-refractivity contribution < 1.29 is 20.0 Å². The molecule has 1 fully saturated rings. The molecule has 38 heavy (non-hydrogen) atoms. The van der Waals surface area contributed by atoms with Crippen molar-refractivity contribution in [2.45, 2.75) is 57.7 Å². The molecule has 199 valence electrons. The molecule has 1 saturated heterocycles. The number of piperidine rings is 1. The molecule has 0 spiro atoms. The number of nitrogens with zero attached hydrogens (tertiary/aromatic N) is 4. The number of anilines is 4. The minimum atomic E-state index is -0.606. The molecule has 0 unspecified atom stereocenters. The third kappa shape index (κ3) is 5.98. The zero-order valence-corrected chi connectivity index (χ0v) is 21.6. The number of rotatable bonds is 7. The molecular formula is C26H30N7O5. The van der Waals surface area contributed by atoms with Gasteiger partial charge in [0.25, 0.3) is 5.91 Å². The highest BCUT2D eigenvalue weighted by atomic mass is 16.6. The fraction of sp³-hybridized carbons (Fsp3) is 0.346. The quantitative estimate of drug-likeness (QED) is 0.256. The van der Waals surface area contributed by atoms with Gasteiger partial charge in [0.15, 0.2) is 0 Å². The van der Waals surface area contributed by atoms with Crippen LogP contribution in [0.3, 0.4) is 0 Å². The van der Waals surface area contributed by atoms with Crippen LogP contribution in [0.15, 0.2) is 54.7 Å². The number of phenolic OH excluding ortho intramolecular Hbond substituents is 1. The molecule has 2 aromatic carbocycles. The number of carbonyl (C=O) groups excluding carboxylic acids is 1. The molecule has 1 radical (unpaired) electrons. The Balaban J connectivity index is 1.45. The van der Waals surface area contributed by atoms with Crippen LogP contribution in [0.4, 0.5) is 28.8 Å². The molecule has 1 aliphatic heterocycles. The van der Waals surface area contributed by atoms with Gasteiger partial charge in [0.1, 0.15) is 11.9 Å². The zero-order valence-electron chi connectivity index (χ0n) is 21.6. The maximum absolute atomic E-state index is 12.9. The molecule has 4 N–H and O–H groups in total. The van der Waals surface area contributed by atoms with E-state index in [2.05, 4.69) is 25.9 Å². The van der Waals surface area contributed by atoms with Crippen molar-refractivity contribution in [3.05, 3.63) is 70.4 Å². The number of carbonyl (C=O) groups is 1. The van der Waals surface area contributed by atoms with E-state index >= 15 is 0 Å². The summed E-state index contributed by atoms with van der Waals surface area (Å²) in [5.41, 5.74) is -0.0761. The lowest BCUT2D eigenvalue weighted by Gasteiger charge is -2.50. The molecule has 0 aliphatic carbocycles. The number of phenols is 1. The van der Waals surface area contributed by atoms with Gasteiger partial charge in [-0.15, -0.1) is 10.3 Å². The average Bonchev–Trinajstić information content (AvgIpc) is 2.82. The Morgan fingerprint density at radius 3 is 2.32 bits per heavy atom. The van der Waals surface area contributed by atoms with Gasteiger partial charge < -0.3 is 21.1 Å². The molecule has 0 bridgehead atoms. The van der Waals surface area contributed by atoms with Gasteiger partial charge in [-0.05, 0) is 76.9 Å². The number of hydroxylamine groups is 2. The molecule has 0 atom stereocenters. The summed E-state index contributed by atoms with van der Waals surface area (Å²) in [7, 11) is 0. The maximum atomic E-state index is 12.9. The van der Waals surface area contributed by atoms with E-state index in [0.717, 1.165) is 11.3 Å². The monoisotopic (exact) mass is 520 g/mol. The SMILES string of the molecule is CC1(C)CC(NC(=O)c2ccc(Nc3ncc([N+](=O)[O-])c(Nc4cccc(O)c4)n3)cc2)CC(C)(C)N1[O]. The predicted molar refractivity (Wildman–Crippen MR) is 141 cm³/mol. The first kappa shape index (κ1) is 26.8. The van der Waals surface area contributed by atoms with Gasteiger partial charge in [-0.2, -0.15) is 4.98 Å². The number of nitrogens with one attached hydrogen (secondary N) is 3. The summed E-state index contributed by atoms with van der Waals surface area (Å²) in [5, 5.41) is 43.7. The number of hydrogen-bond donors (Lipinski definition) is 4. The summed E-state index contributed by atoms with van der Waals surface area (Å²) in [6.07, 6.45) is 2.17. The van der Waals surface area contributed by atoms with E-state index in [9.17, 15) is 25.2 Å². The van der Waals surface area contributed by atoms with Crippen molar-refractivity contribution in [1.82, 2.24) is 20.3 Å². The van der Waals surface area contributed by atoms with Crippen molar-refractivity contribution in [2.75, 3.05) is 10.6 Å². The first-order valence-electron chi connectivity index (χ1n) is 12.1. The molecule has 12 heteroatoms. The third-order valence-corrected chi connectivity index (χ3v) is 6.40. The standard InChI is InChI=1S/C26H30N7O5/c1-25(2)13-19(14-26(3,4)33(25)38)29-23(35)16-8-10-17(11-9-16)30-24-27-15-21(32(36)37)22(31-24)28-18-6-5-7-20(34)12-18/h5-12,15,19,34H,13-14H2,1-4H3,(H,29,35)(H2,27,28,30,31). The molecule has 4 rings (SSSR count). The largest absolute Gasteiger partial charge is 0.508 e. The van der Waals surface area contributed by atoms with Crippen LogP contribution in [0, 0.1) is 10.1 Å². The van der Waals surface area contributed by atoms with Crippen molar-refractivity contribution >= 4 is 34.7 Å². The second kappa shape index (κ2) is 10.2. The number of amides is 1. The lowest BCUT2D eigenvalue weighted by atomic mass is 9.79. The van der Waals surface area contributed by atoms with Gasteiger partial charge in [-0.3, -0.25) is 14.9 Å². The topological polar surface area (TPSA) is 165 Å². The first-order chi connectivity index (χ1) is 17.8. The van der Waals surface area contributed by atoms with Crippen molar-refractivity contribution in [1.29, 1.82) is 0 Å².